The molecule has 1 saturated heterocycles. The van der Waals surface area contributed by atoms with Gasteiger partial charge < -0.3 is 14.8 Å². The van der Waals surface area contributed by atoms with Crippen LogP contribution in [0, 0.1) is 6.92 Å². The normalized spacial score (nSPS) is 15.3. The van der Waals surface area contributed by atoms with Gasteiger partial charge in [0.2, 0.25) is 10.0 Å². The molecule has 29 heavy (non-hydrogen) atoms. The lowest BCUT2D eigenvalue weighted by molar-refractivity contribution is -0.0502. The van der Waals surface area contributed by atoms with Crippen molar-refractivity contribution in [3.63, 3.8) is 0 Å². The molecule has 1 fully saturated rings. The third-order valence-corrected chi connectivity index (χ3v) is 6.35. The van der Waals surface area contributed by atoms with Crippen molar-refractivity contribution in [2.45, 2.75) is 18.4 Å². The van der Waals surface area contributed by atoms with Gasteiger partial charge in [-0.3, -0.25) is 4.79 Å². The Morgan fingerprint density at radius 2 is 1.86 bits per heavy atom. The van der Waals surface area contributed by atoms with Crippen LogP contribution in [0.1, 0.15) is 15.9 Å². The van der Waals surface area contributed by atoms with Gasteiger partial charge in [0.05, 0.1) is 18.1 Å². The van der Waals surface area contributed by atoms with E-state index in [9.17, 15) is 22.0 Å². The minimum Gasteiger partial charge on any atom is -0.434 e. The first-order chi connectivity index (χ1) is 13.8. The summed E-state index contributed by atoms with van der Waals surface area (Å²) >= 11 is 0. The predicted octanol–water partition coefficient (Wildman–Crippen LogP) is 2.87. The van der Waals surface area contributed by atoms with Crippen LogP contribution in [0.3, 0.4) is 0 Å². The molecule has 10 heteroatoms. The number of halogens is 2. The van der Waals surface area contributed by atoms with Gasteiger partial charge in [-0.05, 0) is 37.3 Å². The van der Waals surface area contributed by atoms with E-state index in [0.717, 1.165) is 0 Å². The molecule has 2 aromatic carbocycles. The lowest BCUT2D eigenvalue weighted by atomic mass is 10.1. The van der Waals surface area contributed by atoms with Crippen LogP contribution < -0.4 is 10.1 Å². The number of amides is 1. The number of benzene rings is 2. The third-order valence-electron chi connectivity index (χ3n) is 4.45. The number of ether oxygens (including phenoxy) is 2. The average Bonchev–Trinajstić information content (AvgIpc) is 2.71. The molecular formula is C19H20F2N2O5S. The predicted molar refractivity (Wildman–Crippen MR) is 102 cm³/mol. The number of nitrogens with one attached hydrogen (secondary N) is 1. The number of carbonyl (C=O) groups is 1. The van der Waals surface area contributed by atoms with E-state index in [1.54, 1.807) is 6.07 Å². The summed E-state index contributed by atoms with van der Waals surface area (Å²) in [6.45, 7) is -0.330. The van der Waals surface area contributed by atoms with Gasteiger partial charge in [-0.1, -0.05) is 12.1 Å². The first-order valence-electron chi connectivity index (χ1n) is 8.83. The molecule has 3 rings (SSSR count). The molecule has 0 bridgehead atoms. The highest BCUT2D eigenvalue weighted by Gasteiger charge is 2.27. The summed E-state index contributed by atoms with van der Waals surface area (Å²) in [5.74, 6) is -0.622. The number of hydrogen-bond acceptors (Lipinski definition) is 5. The molecule has 1 heterocycles. The summed E-state index contributed by atoms with van der Waals surface area (Å²) in [4.78, 5) is 12.6. The number of nitrogens with zero attached hydrogens (tertiary/aromatic N) is 1. The number of sulfonamides is 1. The van der Waals surface area contributed by atoms with E-state index >= 15 is 0 Å². The summed E-state index contributed by atoms with van der Waals surface area (Å²) in [5.41, 5.74) is 0.742. The molecule has 7 nitrogen and oxygen atoms in total. The highest BCUT2D eigenvalue weighted by molar-refractivity contribution is 7.89. The van der Waals surface area contributed by atoms with Crippen molar-refractivity contribution in [1.29, 1.82) is 0 Å². The van der Waals surface area contributed by atoms with Gasteiger partial charge >= 0.3 is 6.61 Å². The lowest BCUT2D eigenvalue weighted by Gasteiger charge is -2.26. The van der Waals surface area contributed by atoms with Crippen LogP contribution in [0.15, 0.2) is 47.4 Å². The number of anilines is 1. The van der Waals surface area contributed by atoms with Gasteiger partial charge in [-0.2, -0.15) is 13.1 Å². The van der Waals surface area contributed by atoms with E-state index in [4.69, 9.17) is 4.74 Å². The molecule has 0 radical (unpaired) electrons. The molecule has 1 aliphatic rings. The van der Waals surface area contributed by atoms with Crippen molar-refractivity contribution in [3.05, 3.63) is 53.6 Å². The van der Waals surface area contributed by atoms with E-state index in [1.807, 2.05) is 0 Å². The van der Waals surface area contributed by atoms with Crippen molar-refractivity contribution in [2.75, 3.05) is 31.6 Å². The van der Waals surface area contributed by atoms with Gasteiger partial charge in [-0.15, -0.1) is 0 Å². The van der Waals surface area contributed by atoms with Gasteiger partial charge in [0.1, 0.15) is 5.75 Å². The summed E-state index contributed by atoms with van der Waals surface area (Å²) in [7, 11) is -3.75. The number of alkyl halides is 2. The molecule has 0 aliphatic carbocycles. The molecular weight excluding hydrogens is 406 g/mol. The largest absolute Gasteiger partial charge is 0.434 e. The average molecular weight is 426 g/mol. The Morgan fingerprint density at radius 1 is 1.17 bits per heavy atom. The zero-order chi connectivity index (χ0) is 21.0. The van der Waals surface area contributed by atoms with Crippen LogP contribution in [0.4, 0.5) is 14.5 Å². The SMILES string of the molecule is Cc1c(NC(=O)c2cccc(S(=O)(=O)N3CCOCC3)c2)cccc1OC(F)F. The summed E-state index contributed by atoms with van der Waals surface area (Å²) < 4.78 is 61.4. The van der Waals surface area contributed by atoms with Gasteiger partial charge in [0, 0.05) is 29.9 Å². The van der Waals surface area contributed by atoms with E-state index in [0.29, 0.717) is 18.8 Å². The fourth-order valence-electron chi connectivity index (χ4n) is 2.90. The van der Waals surface area contributed by atoms with Crippen LogP contribution in [0.5, 0.6) is 5.75 Å². The smallest absolute Gasteiger partial charge is 0.387 e. The van der Waals surface area contributed by atoms with Crippen LogP contribution >= 0.6 is 0 Å². The molecule has 1 N–H and O–H groups in total. The van der Waals surface area contributed by atoms with Crippen molar-refractivity contribution in [1.82, 2.24) is 4.31 Å². The van der Waals surface area contributed by atoms with Crippen LogP contribution in [0.2, 0.25) is 0 Å². The Hall–Kier alpha value is -2.56. The quantitative estimate of drug-likeness (QED) is 0.768. The van der Waals surface area contributed by atoms with E-state index in [2.05, 4.69) is 10.1 Å². The second-order valence-corrected chi connectivity index (χ2v) is 8.24. The zero-order valence-electron chi connectivity index (χ0n) is 15.6. The van der Waals surface area contributed by atoms with Crippen molar-refractivity contribution in [3.8, 4) is 5.75 Å². The summed E-state index contributed by atoms with van der Waals surface area (Å²) in [6.07, 6.45) is 0. The van der Waals surface area contributed by atoms with E-state index < -0.39 is 22.5 Å². The van der Waals surface area contributed by atoms with Gasteiger partial charge in [-0.25, -0.2) is 8.42 Å². The summed E-state index contributed by atoms with van der Waals surface area (Å²) in [6, 6.07) is 10.0. The Kier molecular flexibility index (Phi) is 6.46. The summed E-state index contributed by atoms with van der Waals surface area (Å²) in [5, 5.41) is 2.61. The van der Waals surface area contributed by atoms with Crippen molar-refractivity contribution >= 4 is 21.6 Å². The number of morpholine rings is 1. The molecule has 0 saturated carbocycles. The molecule has 0 aromatic heterocycles. The Labute approximate surface area is 167 Å². The van der Waals surface area contributed by atoms with Crippen molar-refractivity contribution < 1.29 is 31.5 Å². The molecule has 156 valence electrons. The third kappa shape index (κ3) is 4.89. The first-order valence-corrected chi connectivity index (χ1v) is 10.3. The molecule has 1 aliphatic heterocycles. The molecule has 0 atom stereocenters. The molecule has 0 spiro atoms. The number of hydrogen-bond donors (Lipinski definition) is 1. The number of rotatable bonds is 6. The van der Waals surface area contributed by atoms with Gasteiger partial charge in [0.15, 0.2) is 0 Å². The topological polar surface area (TPSA) is 84.9 Å². The lowest BCUT2D eigenvalue weighted by Crippen LogP contribution is -2.40. The standard InChI is InChI=1S/C19H20F2N2O5S/c1-13-16(6-3-7-17(13)28-19(20)21)22-18(24)14-4-2-5-15(12-14)29(25,26)23-8-10-27-11-9-23/h2-7,12,19H,8-11H2,1H3,(H,22,24). The molecule has 0 unspecified atom stereocenters. The second-order valence-electron chi connectivity index (χ2n) is 6.31. The molecule has 2 aromatic rings. The fourth-order valence-corrected chi connectivity index (χ4v) is 4.36. The maximum atomic E-state index is 12.8. The minimum absolute atomic E-state index is 0.00134. The Balaban J connectivity index is 1.82. The zero-order valence-corrected chi connectivity index (χ0v) is 16.4. The monoisotopic (exact) mass is 426 g/mol. The van der Waals surface area contributed by atoms with Crippen LogP contribution in [0.25, 0.3) is 0 Å². The number of carbonyl (C=O) groups excluding carboxylic acids is 1. The van der Waals surface area contributed by atoms with E-state index in [1.165, 1.54) is 47.6 Å². The van der Waals surface area contributed by atoms with E-state index in [-0.39, 0.29) is 35.0 Å². The fraction of sp³-hybridized carbons (Fsp3) is 0.316. The maximum Gasteiger partial charge on any atom is 0.387 e. The Morgan fingerprint density at radius 3 is 2.55 bits per heavy atom. The first kappa shape index (κ1) is 21.2. The molecule has 1 amide bonds. The Bertz CT molecular complexity index is 992. The second kappa shape index (κ2) is 8.85. The highest BCUT2D eigenvalue weighted by atomic mass is 32.2. The van der Waals surface area contributed by atoms with Crippen LogP contribution in [-0.2, 0) is 14.8 Å². The minimum atomic E-state index is -3.75. The highest BCUT2D eigenvalue weighted by Crippen LogP contribution is 2.27. The van der Waals surface area contributed by atoms with Gasteiger partial charge in [0.25, 0.3) is 5.91 Å². The van der Waals surface area contributed by atoms with Crippen LogP contribution in [-0.4, -0.2) is 51.5 Å². The maximum absolute atomic E-state index is 12.8. The van der Waals surface area contributed by atoms with Crippen molar-refractivity contribution in [2.24, 2.45) is 0 Å².